The van der Waals surface area contributed by atoms with Gasteiger partial charge in [-0.3, -0.25) is 4.79 Å². The number of carbonyl (C=O) groups excluding carboxylic acids is 1. The lowest BCUT2D eigenvalue weighted by Gasteiger charge is -2.37. The van der Waals surface area contributed by atoms with Gasteiger partial charge < -0.3 is 5.32 Å². The van der Waals surface area contributed by atoms with Crippen LogP contribution in [0.15, 0.2) is 54.6 Å². The van der Waals surface area contributed by atoms with E-state index < -0.39 is 0 Å². The molecule has 0 aromatic heterocycles. The number of Topliss-reactive ketones (excluding diaryl/α,β-unsaturated/α-hetero) is 1. The highest BCUT2D eigenvalue weighted by Gasteiger charge is 2.37. The third kappa shape index (κ3) is 2.39. The number of aryl methyl sites for hydroxylation is 1. The molecule has 1 aliphatic heterocycles. The minimum atomic E-state index is 0.131. The zero-order chi connectivity index (χ0) is 16.0. The average Bonchev–Trinajstić information content (AvgIpc) is 3.04. The predicted molar refractivity (Wildman–Crippen MR) is 94.0 cm³/mol. The molecule has 0 saturated heterocycles. The third-order valence-corrected chi connectivity index (χ3v) is 5.21. The maximum atomic E-state index is 11.7. The number of rotatable bonds is 2. The van der Waals surface area contributed by atoms with Crippen LogP contribution in [0.3, 0.4) is 0 Å². The number of benzene rings is 2. The van der Waals surface area contributed by atoms with E-state index in [2.05, 4.69) is 60.8 Å². The molecule has 2 aromatic rings. The van der Waals surface area contributed by atoms with Crippen LogP contribution in [0.2, 0.25) is 0 Å². The number of allylic oxidation sites excluding steroid dienone is 2. The first-order valence-corrected chi connectivity index (χ1v) is 8.28. The molecule has 2 heteroatoms. The molecule has 1 aliphatic carbocycles. The van der Waals surface area contributed by atoms with Gasteiger partial charge in [-0.05, 0) is 55.5 Å². The number of hydrogen-bond donors (Lipinski definition) is 1. The molecule has 2 aliphatic rings. The van der Waals surface area contributed by atoms with Crippen LogP contribution >= 0.6 is 0 Å². The highest BCUT2D eigenvalue weighted by atomic mass is 16.1. The van der Waals surface area contributed by atoms with Gasteiger partial charge >= 0.3 is 0 Å². The minimum absolute atomic E-state index is 0.131. The fraction of sp³-hybridized carbons (Fsp3) is 0.286. The van der Waals surface area contributed by atoms with Gasteiger partial charge in [0.1, 0.15) is 0 Å². The quantitative estimate of drug-likeness (QED) is 0.623. The second-order valence-corrected chi connectivity index (χ2v) is 6.74. The van der Waals surface area contributed by atoms with Crippen LogP contribution in [-0.2, 0) is 0 Å². The Bertz CT molecular complexity index is 788. The van der Waals surface area contributed by atoms with Crippen molar-refractivity contribution in [1.82, 2.24) is 0 Å². The highest BCUT2D eigenvalue weighted by Crippen LogP contribution is 2.49. The number of ketones is 1. The monoisotopic (exact) mass is 303 g/mol. The van der Waals surface area contributed by atoms with Crippen molar-refractivity contribution in [2.24, 2.45) is 5.92 Å². The van der Waals surface area contributed by atoms with E-state index in [0.717, 1.165) is 17.7 Å². The van der Waals surface area contributed by atoms with Crippen LogP contribution in [0.25, 0.3) is 0 Å². The smallest absolute Gasteiger partial charge is 0.159 e. The van der Waals surface area contributed by atoms with Crippen LogP contribution in [0.5, 0.6) is 0 Å². The van der Waals surface area contributed by atoms with E-state index in [-0.39, 0.29) is 5.78 Å². The van der Waals surface area contributed by atoms with Crippen molar-refractivity contribution in [3.63, 3.8) is 0 Å². The van der Waals surface area contributed by atoms with Gasteiger partial charge in [-0.15, -0.1) is 0 Å². The molecule has 2 nitrogen and oxygen atoms in total. The Morgan fingerprint density at radius 1 is 1.13 bits per heavy atom. The molecule has 1 N–H and O–H groups in total. The molecular weight excluding hydrogens is 282 g/mol. The van der Waals surface area contributed by atoms with Crippen molar-refractivity contribution in [1.29, 1.82) is 0 Å². The second kappa shape index (κ2) is 5.38. The van der Waals surface area contributed by atoms with Crippen molar-refractivity contribution >= 4 is 11.5 Å². The predicted octanol–water partition coefficient (Wildman–Crippen LogP) is 5.02. The Morgan fingerprint density at radius 2 is 1.91 bits per heavy atom. The second-order valence-electron chi connectivity index (χ2n) is 6.74. The summed E-state index contributed by atoms with van der Waals surface area (Å²) in [7, 11) is 0. The summed E-state index contributed by atoms with van der Waals surface area (Å²) in [5.74, 6) is 1.05. The number of hydrogen-bond acceptors (Lipinski definition) is 2. The lowest BCUT2D eigenvalue weighted by Crippen LogP contribution is -2.29. The molecule has 0 bridgehead atoms. The largest absolute Gasteiger partial charge is 0.378 e. The number of carbonyl (C=O) groups is 1. The first-order chi connectivity index (χ1) is 11.1. The van der Waals surface area contributed by atoms with Gasteiger partial charge in [0.25, 0.3) is 0 Å². The highest BCUT2D eigenvalue weighted by molar-refractivity contribution is 5.95. The van der Waals surface area contributed by atoms with Crippen molar-refractivity contribution < 1.29 is 4.79 Å². The van der Waals surface area contributed by atoms with Gasteiger partial charge in [0, 0.05) is 17.2 Å². The van der Waals surface area contributed by atoms with Gasteiger partial charge in [-0.25, -0.2) is 0 Å². The van der Waals surface area contributed by atoms with Gasteiger partial charge in [-0.1, -0.05) is 42.0 Å². The normalized spacial score (nSPS) is 24.7. The van der Waals surface area contributed by atoms with Crippen LogP contribution in [-0.4, -0.2) is 5.78 Å². The lowest BCUT2D eigenvalue weighted by atomic mass is 9.76. The van der Waals surface area contributed by atoms with Crippen molar-refractivity contribution in [2.45, 2.75) is 32.2 Å². The van der Waals surface area contributed by atoms with Crippen LogP contribution in [0.1, 0.15) is 52.4 Å². The molecule has 0 amide bonds. The van der Waals surface area contributed by atoms with Gasteiger partial charge in [0.15, 0.2) is 5.78 Å². The third-order valence-electron chi connectivity index (χ3n) is 5.21. The minimum Gasteiger partial charge on any atom is -0.378 e. The van der Waals surface area contributed by atoms with Gasteiger partial charge in [-0.2, -0.15) is 0 Å². The van der Waals surface area contributed by atoms with Crippen molar-refractivity contribution in [2.75, 3.05) is 5.32 Å². The fourth-order valence-corrected chi connectivity index (χ4v) is 3.92. The molecule has 2 aromatic carbocycles. The summed E-state index contributed by atoms with van der Waals surface area (Å²) in [4.78, 5) is 11.7. The maximum Gasteiger partial charge on any atom is 0.159 e. The summed E-state index contributed by atoms with van der Waals surface area (Å²) in [6.07, 6.45) is 5.68. The Kier molecular flexibility index (Phi) is 3.33. The zero-order valence-corrected chi connectivity index (χ0v) is 13.5. The molecule has 0 saturated carbocycles. The van der Waals surface area contributed by atoms with Crippen molar-refractivity contribution in [3.05, 3.63) is 76.9 Å². The molecule has 4 rings (SSSR count). The van der Waals surface area contributed by atoms with E-state index in [1.807, 2.05) is 6.07 Å². The summed E-state index contributed by atoms with van der Waals surface area (Å²) in [5.41, 5.74) is 5.86. The Hall–Kier alpha value is -2.35. The molecule has 3 atom stereocenters. The van der Waals surface area contributed by atoms with E-state index in [0.29, 0.717) is 17.9 Å². The maximum absolute atomic E-state index is 11.7. The van der Waals surface area contributed by atoms with E-state index >= 15 is 0 Å². The molecular formula is C21H21NO. The molecule has 0 spiro atoms. The summed E-state index contributed by atoms with van der Waals surface area (Å²) >= 11 is 0. The molecule has 1 heterocycles. The summed E-state index contributed by atoms with van der Waals surface area (Å²) in [6, 6.07) is 15.2. The first kappa shape index (κ1) is 14.3. The standard InChI is InChI=1S/C21H21NO/c1-13-6-8-15(9-7-13)21-18-5-3-4-17(18)19-12-16(14(2)23)10-11-20(19)22-21/h3-4,6-12,17-18,21-22H,5H2,1-2H3/t17-,18+,21-/m0/s1. The number of nitrogens with one attached hydrogen (secondary N) is 1. The van der Waals surface area contributed by atoms with Crippen LogP contribution < -0.4 is 5.32 Å². The summed E-state index contributed by atoms with van der Waals surface area (Å²) < 4.78 is 0. The fourth-order valence-electron chi connectivity index (χ4n) is 3.92. The summed E-state index contributed by atoms with van der Waals surface area (Å²) in [5, 5.41) is 3.72. The Balaban J connectivity index is 1.77. The topological polar surface area (TPSA) is 29.1 Å². The van der Waals surface area contributed by atoms with E-state index in [1.54, 1.807) is 6.92 Å². The number of fused-ring (bicyclic) bond motifs is 3. The first-order valence-electron chi connectivity index (χ1n) is 8.28. The van der Waals surface area contributed by atoms with E-state index in [9.17, 15) is 4.79 Å². The van der Waals surface area contributed by atoms with Gasteiger partial charge in [0.2, 0.25) is 0 Å². The van der Waals surface area contributed by atoms with Gasteiger partial charge in [0.05, 0.1) is 6.04 Å². The van der Waals surface area contributed by atoms with E-state index in [1.165, 1.54) is 16.7 Å². The average molecular weight is 303 g/mol. The van der Waals surface area contributed by atoms with E-state index in [4.69, 9.17) is 0 Å². The molecule has 23 heavy (non-hydrogen) atoms. The SMILES string of the molecule is CC(=O)c1ccc2c(c1)[C@H]1C=CC[C@H]1[C@H](c1ccc(C)cc1)N2. The molecule has 0 fully saturated rings. The molecule has 0 unspecified atom stereocenters. The molecule has 0 radical (unpaired) electrons. The number of anilines is 1. The van der Waals surface area contributed by atoms with Crippen LogP contribution in [0, 0.1) is 12.8 Å². The summed E-state index contributed by atoms with van der Waals surface area (Å²) in [6.45, 7) is 3.76. The van der Waals surface area contributed by atoms with Crippen LogP contribution in [0.4, 0.5) is 5.69 Å². The van der Waals surface area contributed by atoms with Crippen molar-refractivity contribution in [3.8, 4) is 0 Å². The molecule has 116 valence electrons. The lowest BCUT2D eigenvalue weighted by molar-refractivity contribution is 0.101. The Labute approximate surface area is 137 Å². The Morgan fingerprint density at radius 3 is 2.65 bits per heavy atom. The zero-order valence-electron chi connectivity index (χ0n) is 13.5.